The summed E-state index contributed by atoms with van der Waals surface area (Å²) in [6.07, 6.45) is -0.276. The summed E-state index contributed by atoms with van der Waals surface area (Å²) in [5.74, 6) is 1.39. The molecule has 1 saturated heterocycles. The Kier molecular flexibility index (Phi) is 6.82. The van der Waals surface area contributed by atoms with Crippen LogP contribution >= 0.6 is 0 Å². The fourth-order valence-corrected chi connectivity index (χ4v) is 5.91. The van der Waals surface area contributed by atoms with Crippen LogP contribution in [0.4, 0.5) is 18.9 Å². The first-order chi connectivity index (χ1) is 18.7. The number of fused-ring (bicyclic) bond motifs is 1. The summed E-state index contributed by atoms with van der Waals surface area (Å²) in [5.41, 5.74) is 8.47. The zero-order valence-corrected chi connectivity index (χ0v) is 21.7. The van der Waals surface area contributed by atoms with Crippen LogP contribution in [-0.4, -0.2) is 50.2 Å². The molecule has 1 unspecified atom stereocenters. The van der Waals surface area contributed by atoms with Crippen LogP contribution in [0.5, 0.6) is 0 Å². The number of aromatic nitrogens is 4. The summed E-state index contributed by atoms with van der Waals surface area (Å²) in [6, 6.07) is 7.64. The maximum Gasteiger partial charge on any atom is 0.433 e. The van der Waals surface area contributed by atoms with E-state index in [-0.39, 0.29) is 24.8 Å². The third-order valence-corrected chi connectivity index (χ3v) is 8.19. The fraction of sp³-hybridized carbons (Fsp3) is 0.519. The molecule has 39 heavy (non-hydrogen) atoms. The molecule has 3 aliphatic rings. The SMILES string of the molecule is C[C@H](N[C@@H]1COC[C@@H]1O)c1nc(C(F)(F)F)cc2c1NNC2c1cccc([C@H](c2nncn2C)C2CCC2)c1. The van der Waals surface area contributed by atoms with E-state index in [9.17, 15) is 18.3 Å². The standard InChI is InChI=1S/C27H32F3N7O2/c1-14(32-19-11-39-12-20(19)38)23-25-18(10-21(33-23)27(28,29)30)24(34-35-25)17-8-4-7-16(9-17)22(15-5-3-6-15)26-36-31-13-37(26)2/h4,7-10,13-15,19-20,22,24,32,34-35,38H,3,5-6,11-12H2,1-2H3/t14-,19+,20-,22+,24?/m0/s1. The highest BCUT2D eigenvalue weighted by Crippen LogP contribution is 2.45. The molecule has 0 bridgehead atoms. The van der Waals surface area contributed by atoms with Crippen LogP contribution in [0.15, 0.2) is 36.7 Å². The van der Waals surface area contributed by atoms with Crippen LogP contribution in [0.1, 0.15) is 78.1 Å². The summed E-state index contributed by atoms with van der Waals surface area (Å²) in [7, 11) is 1.93. The number of aliphatic hydroxyl groups is 1. The van der Waals surface area contributed by atoms with E-state index in [2.05, 4.69) is 43.5 Å². The van der Waals surface area contributed by atoms with E-state index in [1.165, 1.54) is 6.42 Å². The zero-order valence-electron chi connectivity index (χ0n) is 21.7. The summed E-state index contributed by atoms with van der Waals surface area (Å²) < 4.78 is 49.2. The molecule has 6 rings (SSSR count). The molecule has 3 aromatic rings. The number of nitrogens with zero attached hydrogens (tertiary/aromatic N) is 4. The van der Waals surface area contributed by atoms with Gasteiger partial charge in [-0.05, 0) is 42.9 Å². The van der Waals surface area contributed by atoms with E-state index < -0.39 is 36.1 Å². The third-order valence-electron chi connectivity index (χ3n) is 8.19. The van der Waals surface area contributed by atoms with Crippen LogP contribution < -0.4 is 16.2 Å². The average Bonchev–Trinajstić information content (AvgIpc) is 3.60. The molecule has 2 fully saturated rings. The number of rotatable bonds is 7. The summed E-state index contributed by atoms with van der Waals surface area (Å²) >= 11 is 0. The molecule has 9 nitrogen and oxygen atoms in total. The van der Waals surface area contributed by atoms with Gasteiger partial charge in [-0.1, -0.05) is 30.7 Å². The van der Waals surface area contributed by atoms with Crippen molar-refractivity contribution in [3.8, 4) is 0 Å². The number of alkyl halides is 3. The van der Waals surface area contributed by atoms with Crippen molar-refractivity contribution < 1.29 is 23.0 Å². The Bertz CT molecular complexity index is 1340. The lowest BCUT2D eigenvalue weighted by atomic mass is 9.72. The summed E-state index contributed by atoms with van der Waals surface area (Å²) in [6.45, 7) is 2.21. The van der Waals surface area contributed by atoms with E-state index >= 15 is 0 Å². The molecule has 0 amide bonds. The van der Waals surface area contributed by atoms with Crippen molar-refractivity contribution in [3.05, 3.63) is 70.6 Å². The number of benzene rings is 1. The predicted molar refractivity (Wildman–Crippen MR) is 137 cm³/mol. The van der Waals surface area contributed by atoms with Crippen molar-refractivity contribution in [2.45, 2.75) is 62.5 Å². The molecule has 0 spiro atoms. The topological polar surface area (TPSA) is 109 Å². The minimum absolute atomic E-state index is 0.0584. The molecule has 1 aliphatic carbocycles. The number of anilines is 1. The Morgan fingerprint density at radius 3 is 2.67 bits per heavy atom. The first kappa shape index (κ1) is 26.2. The number of hydrogen-bond donors (Lipinski definition) is 4. The van der Waals surface area contributed by atoms with Gasteiger partial charge in [-0.25, -0.2) is 10.4 Å². The second-order valence-electron chi connectivity index (χ2n) is 10.8. The Hall–Kier alpha value is -3.06. The Labute approximate surface area is 224 Å². The number of pyridine rings is 1. The van der Waals surface area contributed by atoms with Crippen LogP contribution in [0.3, 0.4) is 0 Å². The lowest BCUT2D eigenvalue weighted by Gasteiger charge is -2.33. The van der Waals surface area contributed by atoms with Crippen LogP contribution in [0.2, 0.25) is 0 Å². The maximum absolute atomic E-state index is 14.0. The van der Waals surface area contributed by atoms with E-state index in [4.69, 9.17) is 4.74 Å². The maximum atomic E-state index is 14.0. The van der Waals surface area contributed by atoms with Crippen LogP contribution in [-0.2, 0) is 18.0 Å². The minimum Gasteiger partial charge on any atom is -0.389 e. The second kappa shape index (κ2) is 10.2. The number of halogens is 3. The molecule has 2 aromatic heterocycles. The van der Waals surface area contributed by atoms with Gasteiger partial charge in [0.2, 0.25) is 0 Å². The molecular weight excluding hydrogens is 511 g/mol. The van der Waals surface area contributed by atoms with Gasteiger partial charge in [-0.15, -0.1) is 10.2 Å². The molecule has 1 aromatic carbocycles. The molecule has 0 radical (unpaired) electrons. The van der Waals surface area contributed by atoms with Crippen molar-refractivity contribution in [1.29, 1.82) is 0 Å². The average molecular weight is 544 g/mol. The normalized spacial score (nSPS) is 24.7. The highest BCUT2D eigenvalue weighted by molar-refractivity contribution is 5.63. The van der Waals surface area contributed by atoms with Gasteiger partial charge in [0.05, 0.1) is 42.8 Å². The lowest BCUT2D eigenvalue weighted by molar-refractivity contribution is -0.141. The van der Waals surface area contributed by atoms with E-state index in [1.807, 2.05) is 23.7 Å². The van der Waals surface area contributed by atoms with Crippen LogP contribution in [0, 0.1) is 5.92 Å². The monoisotopic (exact) mass is 543 g/mol. The largest absolute Gasteiger partial charge is 0.433 e. The first-order valence-corrected chi connectivity index (χ1v) is 13.3. The quantitative estimate of drug-likeness (QED) is 0.358. The fourth-order valence-electron chi connectivity index (χ4n) is 5.91. The molecule has 12 heteroatoms. The first-order valence-electron chi connectivity index (χ1n) is 13.3. The molecule has 208 valence electrons. The number of ether oxygens (including phenoxy) is 1. The van der Waals surface area contributed by atoms with E-state index in [1.54, 1.807) is 13.3 Å². The van der Waals surface area contributed by atoms with Gasteiger partial charge in [-0.3, -0.25) is 0 Å². The number of nitrogens with one attached hydrogen (secondary N) is 3. The minimum atomic E-state index is -4.62. The van der Waals surface area contributed by atoms with Crippen molar-refractivity contribution in [2.24, 2.45) is 13.0 Å². The Morgan fingerprint density at radius 2 is 2.03 bits per heavy atom. The predicted octanol–water partition coefficient (Wildman–Crippen LogP) is 3.59. The van der Waals surface area contributed by atoms with Crippen molar-refractivity contribution in [3.63, 3.8) is 0 Å². The van der Waals surface area contributed by atoms with Gasteiger partial charge >= 0.3 is 6.18 Å². The smallest absolute Gasteiger partial charge is 0.389 e. The molecule has 5 atom stereocenters. The van der Waals surface area contributed by atoms with Crippen LogP contribution in [0.25, 0.3) is 0 Å². The molecule has 1 saturated carbocycles. The number of hydrazine groups is 1. The number of aryl methyl sites for hydroxylation is 1. The molecular formula is C27H32F3N7O2. The highest BCUT2D eigenvalue weighted by Gasteiger charge is 2.39. The van der Waals surface area contributed by atoms with Gasteiger partial charge in [0.25, 0.3) is 0 Å². The van der Waals surface area contributed by atoms with Gasteiger partial charge in [0.1, 0.15) is 17.8 Å². The van der Waals surface area contributed by atoms with Crippen molar-refractivity contribution in [2.75, 3.05) is 18.6 Å². The van der Waals surface area contributed by atoms with E-state index in [0.29, 0.717) is 17.2 Å². The Balaban J connectivity index is 1.37. The number of aliphatic hydroxyl groups excluding tert-OH is 1. The third kappa shape index (κ3) is 4.90. The number of hydrogen-bond acceptors (Lipinski definition) is 8. The van der Waals surface area contributed by atoms with Gasteiger partial charge in [-0.2, -0.15) is 13.2 Å². The lowest BCUT2D eigenvalue weighted by Crippen LogP contribution is -2.40. The molecule has 4 N–H and O–H groups in total. The van der Waals surface area contributed by atoms with Gasteiger partial charge < -0.3 is 25.2 Å². The Morgan fingerprint density at radius 1 is 1.21 bits per heavy atom. The summed E-state index contributed by atoms with van der Waals surface area (Å²) in [5, 5.41) is 21.8. The molecule has 2 aliphatic heterocycles. The van der Waals surface area contributed by atoms with Gasteiger partial charge in [0.15, 0.2) is 0 Å². The second-order valence-corrected chi connectivity index (χ2v) is 10.8. The van der Waals surface area contributed by atoms with Crippen molar-refractivity contribution >= 4 is 5.69 Å². The van der Waals surface area contributed by atoms with E-state index in [0.717, 1.165) is 35.9 Å². The highest BCUT2D eigenvalue weighted by atomic mass is 19.4. The zero-order chi connectivity index (χ0) is 27.3. The molecule has 4 heterocycles. The summed E-state index contributed by atoms with van der Waals surface area (Å²) in [4.78, 5) is 4.01. The van der Waals surface area contributed by atoms with Gasteiger partial charge in [0, 0.05) is 24.6 Å². The van der Waals surface area contributed by atoms with Crippen molar-refractivity contribution in [1.82, 2.24) is 30.5 Å².